The number of hydrogen-bond acceptors (Lipinski definition) is 2. The molecule has 0 amide bonds. The van der Waals surface area contributed by atoms with Crippen molar-refractivity contribution in [2.24, 2.45) is 0 Å². The second-order valence-corrected chi connectivity index (χ2v) is 4.36. The van der Waals surface area contributed by atoms with Crippen LogP contribution in [0.3, 0.4) is 0 Å². The van der Waals surface area contributed by atoms with Gasteiger partial charge >= 0.3 is 6.18 Å². The summed E-state index contributed by atoms with van der Waals surface area (Å²) >= 11 is 0. The molecule has 0 radical (unpaired) electrons. The number of halogens is 3. The van der Waals surface area contributed by atoms with Crippen molar-refractivity contribution < 1.29 is 17.9 Å². The third-order valence-corrected chi connectivity index (χ3v) is 2.85. The fourth-order valence-corrected chi connectivity index (χ4v) is 2.14. The van der Waals surface area contributed by atoms with E-state index in [9.17, 15) is 13.2 Å². The highest BCUT2D eigenvalue weighted by molar-refractivity contribution is 5.45. The van der Waals surface area contributed by atoms with Gasteiger partial charge in [0.15, 0.2) is 0 Å². The van der Waals surface area contributed by atoms with Gasteiger partial charge in [0.25, 0.3) is 0 Å². The maximum absolute atomic E-state index is 12.5. The van der Waals surface area contributed by atoms with Crippen molar-refractivity contribution in [1.82, 2.24) is 5.32 Å². The minimum Gasteiger partial charge on any atom is -0.496 e. The molecular formula is C13H18F3NO. The van der Waals surface area contributed by atoms with E-state index in [1.54, 1.807) is 13.0 Å². The Morgan fingerprint density at radius 2 is 1.89 bits per heavy atom. The van der Waals surface area contributed by atoms with Crippen LogP contribution in [0.15, 0.2) is 12.1 Å². The van der Waals surface area contributed by atoms with E-state index in [0.29, 0.717) is 11.3 Å². The minimum absolute atomic E-state index is 0.496. The van der Waals surface area contributed by atoms with E-state index in [0.717, 1.165) is 11.1 Å². The van der Waals surface area contributed by atoms with Crippen LogP contribution >= 0.6 is 0 Å². The van der Waals surface area contributed by atoms with E-state index in [1.807, 2.05) is 13.0 Å². The van der Waals surface area contributed by atoms with E-state index in [1.165, 1.54) is 14.2 Å². The van der Waals surface area contributed by atoms with Gasteiger partial charge in [0, 0.05) is 11.6 Å². The molecule has 5 heteroatoms. The Balaban J connectivity index is 3.20. The summed E-state index contributed by atoms with van der Waals surface area (Å²) in [6, 6.07) is 2.82. The fourth-order valence-electron chi connectivity index (χ4n) is 2.14. The van der Waals surface area contributed by atoms with E-state index in [2.05, 4.69) is 5.32 Å². The second kappa shape index (κ2) is 5.61. The topological polar surface area (TPSA) is 21.3 Å². The molecule has 2 nitrogen and oxygen atoms in total. The molecule has 1 aromatic carbocycles. The summed E-state index contributed by atoms with van der Waals surface area (Å²) in [7, 11) is 2.99. The molecule has 0 heterocycles. The summed E-state index contributed by atoms with van der Waals surface area (Å²) in [5.41, 5.74) is 2.34. The number of hydrogen-bond donors (Lipinski definition) is 1. The standard InChI is InChI=1S/C13H18F3NO/c1-8-5-9(2)12(11(6-8)18-4)10(17-3)7-13(14,15)16/h5-6,10,17H,7H2,1-4H3. The first-order valence-corrected chi connectivity index (χ1v) is 5.67. The molecule has 0 bridgehead atoms. The number of methoxy groups -OCH3 is 1. The van der Waals surface area contributed by atoms with Crippen LogP contribution in [0.4, 0.5) is 13.2 Å². The highest BCUT2D eigenvalue weighted by Gasteiger charge is 2.33. The molecule has 1 N–H and O–H groups in total. The first kappa shape index (κ1) is 14.8. The Kier molecular flexibility index (Phi) is 4.62. The number of rotatable bonds is 4. The van der Waals surface area contributed by atoms with Gasteiger partial charge in [-0.25, -0.2) is 0 Å². The Hall–Kier alpha value is -1.23. The highest BCUT2D eigenvalue weighted by atomic mass is 19.4. The second-order valence-electron chi connectivity index (χ2n) is 4.36. The van der Waals surface area contributed by atoms with Crippen LogP contribution in [-0.2, 0) is 0 Å². The number of nitrogens with one attached hydrogen (secondary N) is 1. The molecule has 1 rings (SSSR count). The Bertz CT molecular complexity index is 415. The van der Waals surface area contributed by atoms with Gasteiger partial charge in [-0.05, 0) is 38.1 Å². The van der Waals surface area contributed by atoms with Gasteiger partial charge in [0.2, 0.25) is 0 Å². The summed E-state index contributed by atoms with van der Waals surface area (Å²) < 4.78 is 42.8. The molecule has 0 aliphatic heterocycles. The molecule has 1 aromatic rings. The van der Waals surface area contributed by atoms with Gasteiger partial charge in [-0.3, -0.25) is 0 Å². The van der Waals surface area contributed by atoms with Gasteiger partial charge in [0.1, 0.15) is 5.75 Å². The molecular weight excluding hydrogens is 243 g/mol. The molecule has 1 atom stereocenters. The number of alkyl halides is 3. The normalized spacial score (nSPS) is 13.5. The van der Waals surface area contributed by atoms with Crippen molar-refractivity contribution in [2.45, 2.75) is 32.5 Å². The molecule has 0 spiro atoms. The third-order valence-electron chi connectivity index (χ3n) is 2.85. The average molecular weight is 261 g/mol. The van der Waals surface area contributed by atoms with Crippen LogP contribution < -0.4 is 10.1 Å². The zero-order valence-corrected chi connectivity index (χ0v) is 11.0. The van der Waals surface area contributed by atoms with E-state index in [4.69, 9.17) is 4.74 Å². The predicted molar refractivity (Wildman–Crippen MR) is 64.9 cm³/mol. The van der Waals surface area contributed by atoms with Crippen molar-refractivity contribution in [3.05, 3.63) is 28.8 Å². The molecule has 1 unspecified atom stereocenters. The molecule has 0 aliphatic rings. The summed E-state index contributed by atoms with van der Waals surface area (Å²) in [5, 5.41) is 2.71. The lowest BCUT2D eigenvalue weighted by Crippen LogP contribution is -2.25. The van der Waals surface area contributed by atoms with Crippen LogP contribution in [0.5, 0.6) is 5.75 Å². The monoisotopic (exact) mass is 261 g/mol. The van der Waals surface area contributed by atoms with Crippen molar-refractivity contribution in [2.75, 3.05) is 14.2 Å². The Morgan fingerprint density at radius 1 is 1.28 bits per heavy atom. The van der Waals surface area contributed by atoms with Crippen LogP contribution in [0.1, 0.15) is 29.2 Å². The van der Waals surface area contributed by atoms with Crippen LogP contribution in [0.25, 0.3) is 0 Å². The van der Waals surface area contributed by atoms with Gasteiger partial charge in [-0.15, -0.1) is 0 Å². The lowest BCUT2D eigenvalue weighted by atomic mass is 9.95. The van der Waals surface area contributed by atoms with Gasteiger partial charge in [-0.2, -0.15) is 13.2 Å². The first-order valence-electron chi connectivity index (χ1n) is 5.67. The maximum atomic E-state index is 12.5. The summed E-state index contributed by atoms with van der Waals surface area (Å²) in [4.78, 5) is 0. The molecule has 18 heavy (non-hydrogen) atoms. The molecule has 102 valence electrons. The Labute approximate surface area is 105 Å². The zero-order chi connectivity index (χ0) is 13.9. The van der Waals surface area contributed by atoms with Crippen molar-refractivity contribution in [3.63, 3.8) is 0 Å². The fraction of sp³-hybridized carbons (Fsp3) is 0.538. The highest BCUT2D eigenvalue weighted by Crippen LogP contribution is 2.36. The Morgan fingerprint density at radius 3 is 2.33 bits per heavy atom. The zero-order valence-electron chi connectivity index (χ0n) is 11.0. The molecule has 0 saturated heterocycles. The number of ether oxygens (including phenoxy) is 1. The summed E-state index contributed by atoms with van der Waals surface area (Å²) in [5.74, 6) is 0.496. The lowest BCUT2D eigenvalue weighted by molar-refractivity contribution is -0.140. The SMILES string of the molecule is CNC(CC(F)(F)F)c1c(C)cc(C)cc1OC. The van der Waals surface area contributed by atoms with E-state index >= 15 is 0 Å². The van der Waals surface area contributed by atoms with Crippen molar-refractivity contribution in [1.29, 1.82) is 0 Å². The number of aryl methyl sites for hydroxylation is 2. The molecule has 0 aromatic heterocycles. The van der Waals surface area contributed by atoms with Crippen LogP contribution in [0, 0.1) is 13.8 Å². The molecule has 0 saturated carbocycles. The summed E-state index contributed by atoms with van der Waals surface area (Å²) in [6.07, 6.45) is -5.13. The average Bonchev–Trinajstić information content (AvgIpc) is 2.24. The van der Waals surface area contributed by atoms with E-state index in [-0.39, 0.29) is 0 Å². The third kappa shape index (κ3) is 3.63. The molecule has 0 aliphatic carbocycles. The van der Waals surface area contributed by atoms with Gasteiger partial charge in [0.05, 0.1) is 13.5 Å². The van der Waals surface area contributed by atoms with Crippen molar-refractivity contribution in [3.8, 4) is 5.75 Å². The van der Waals surface area contributed by atoms with Crippen molar-refractivity contribution >= 4 is 0 Å². The minimum atomic E-state index is -4.21. The molecule has 0 fully saturated rings. The maximum Gasteiger partial charge on any atom is 0.390 e. The van der Waals surface area contributed by atoms with Crippen LogP contribution in [0.2, 0.25) is 0 Å². The largest absolute Gasteiger partial charge is 0.496 e. The lowest BCUT2D eigenvalue weighted by Gasteiger charge is -2.23. The van der Waals surface area contributed by atoms with E-state index < -0.39 is 18.6 Å². The van der Waals surface area contributed by atoms with Gasteiger partial charge in [-0.1, -0.05) is 6.07 Å². The first-order chi connectivity index (χ1) is 8.28. The van der Waals surface area contributed by atoms with Gasteiger partial charge < -0.3 is 10.1 Å². The quantitative estimate of drug-likeness (QED) is 0.895. The number of benzene rings is 1. The predicted octanol–water partition coefficient (Wildman–Crippen LogP) is 3.52. The van der Waals surface area contributed by atoms with Crippen LogP contribution in [-0.4, -0.2) is 20.3 Å². The smallest absolute Gasteiger partial charge is 0.390 e. The summed E-state index contributed by atoms with van der Waals surface area (Å²) in [6.45, 7) is 3.68.